The second-order valence-corrected chi connectivity index (χ2v) is 8.16. The van der Waals surface area contributed by atoms with Crippen molar-refractivity contribution in [3.05, 3.63) is 68.4 Å². The number of thiophene rings is 1. The van der Waals surface area contributed by atoms with Crippen molar-refractivity contribution in [1.29, 1.82) is 0 Å². The van der Waals surface area contributed by atoms with Crippen LogP contribution in [0.25, 0.3) is 5.69 Å². The number of fused-ring (bicyclic) bond motifs is 1. The summed E-state index contributed by atoms with van der Waals surface area (Å²) in [5, 5.41) is 4.49. The maximum absolute atomic E-state index is 14.2. The maximum Gasteiger partial charge on any atom is 0.274 e. The Morgan fingerprint density at radius 2 is 2.12 bits per heavy atom. The van der Waals surface area contributed by atoms with Crippen molar-refractivity contribution in [1.82, 2.24) is 14.7 Å². The third kappa shape index (κ3) is 3.04. The minimum Gasteiger partial charge on any atom is -0.335 e. The lowest BCUT2D eigenvalue weighted by atomic mass is 10.2. The molecule has 134 valence electrons. The number of carbonyl (C=O) groups is 1. The van der Waals surface area contributed by atoms with Crippen LogP contribution in [-0.2, 0) is 19.4 Å². The predicted octanol–water partition coefficient (Wildman–Crippen LogP) is 4.49. The maximum atomic E-state index is 14.2. The Bertz CT molecular complexity index is 981. The van der Waals surface area contributed by atoms with E-state index in [0.29, 0.717) is 22.3 Å². The van der Waals surface area contributed by atoms with Gasteiger partial charge in [-0.25, -0.2) is 9.07 Å². The van der Waals surface area contributed by atoms with Gasteiger partial charge in [0, 0.05) is 23.2 Å². The van der Waals surface area contributed by atoms with E-state index in [1.165, 1.54) is 17.4 Å². The molecule has 0 spiro atoms. The van der Waals surface area contributed by atoms with Gasteiger partial charge in [0.15, 0.2) is 5.69 Å². The minimum absolute atomic E-state index is 0.150. The lowest BCUT2D eigenvalue weighted by molar-refractivity contribution is 0.0779. The number of carbonyl (C=O) groups excluding carboxylic acids is 1. The van der Waals surface area contributed by atoms with Gasteiger partial charge in [-0.05, 0) is 43.5 Å². The van der Waals surface area contributed by atoms with E-state index in [4.69, 9.17) is 11.6 Å². The van der Waals surface area contributed by atoms with Crippen LogP contribution < -0.4 is 0 Å². The number of nitrogens with zero attached hydrogens (tertiary/aromatic N) is 3. The molecular weight excluding hydrogens is 373 g/mol. The summed E-state index contributed by atoms with van der Waals surface area (Å²) >= 11 is 7.42. The fraction of sp³-hybridized carbons (Fsp3) is 0.263. The molecule has 4 rings (SSSR count). The smallest absolute Gasteiger partial charge is 0.274 e. The molecule has 1 aromatic carbocycles. The zero-order valence-electron chi connectivity index (χ0n) is 14.2. The normalized spacial score (nSPS) is 13.0. The molecule has 0 saturated carbocycles. The van der Waals surface area contributed by atoms with Crippen LogP contribution in [0.3, 0.4) is 0 Å². The highest BCUT2D eigenvalue weighted by molar-refractivity contribution is 7.16. The van der Waals surface area contributed by atoms with Crippen molar-refractivity contribution in [2.24, 2.45) is 0 Å². The van der Waals surface area contributed by atoms with E-state index in [2.05, 4.69) is 5.10 Å². The summed E-state index contributed by atoms with van der Waals surface area (Å²) in [7, 11) is 1.75. The van der Waals surface area contributed by atoms with Gasteiger partial charge in [-0.3, -0.25) is 4.79 Å². The van der Waals surface area contributed by atoms with E-state index in [1.54, 1.807) is 34.8 Å². The summed E-state index contributed by atoms with van der Waals surface area (Å²) in [6, 6.07) is 10.3. The first-order valence-electron chi connectivity index (χ1n) is 8.40. The number of aromatic nitrogens is 2. The monoisotopic (exact) mass is 389 g/mol. The summed E-state index contributed by atoms with van der Waals surface area (Å²) in [6.45, 7) is 0.470. The van der Waals surface area contributed by atoms with Gasteiger partial charge in [-0.15, -0.1) is 11.3 Å². The highest BCUT2D eigenvalue weighted by Crippen LogP contribution is 2.30. The number of amides is 1. The Balaban J connectivity index is 1.68. The van der Waals surface area contributed by atoms with Gasteiger partial charge in [0.05, 0.1) is 10.9 Å². The van der Waals surface area contributed by atoms with E-state index in [0.717, 1.165) is 35.4 Å². The van der Waals surface area contributed by atoms with Crippen molar-refractivity contribution in [2.45, 2.75) is 25.8 Å². The van der Waals surface area contributed by atoms with Crippen LogP contribution in [0.1, 0.15) is 33.0 Å². The largest absolute Gasteiger partial charge is 0.335 e. The lowest BCUT2D eigenvalue weighted by Crippen LogP contribution is -2.27. The topological polar surface area (TPSA) is 38.1 Å². The van der Waals surface area contributed by atoms with Crippen LogP contribution >= 0.6 is 22.9 Å². The molecule has 0 bridgehead atoms. The number of rotatable bonds is 4. The second kappa shape index (κ2) is 6.85. The molecule has 0 unspecified atom stereocenters. The summed E-state index contributed by atoms with van der Waals surface area (Å²) in [5.41, 5.74) is 2.68. The van der Waals surface area contributed by atoms with E-state index >= 15 is 0 Å². The first-order chi connectivity index (χ1) is 12.5. The summed E-state index contributed by atoms with van der Waals surface area (Å²) in [6.07, 6.45) is 2.55. The van der Waals surface area contributed by atoms with E-state index in [9.17, 15) is 9.18 Å². The molecule has 0 atom stereocenters. The van der Waals surface area contributed by atoms with E-state index in [1.807, 2.05) is 12.1 Å². The van der Waals surface area contributed by atoms with Crippen molar-refractivity contribution in [3.63, 3.8) is 0 Å². The fourth-order valence-electron chi connectivity index (χ4n) is 3.35. The fourth-order valence-corrected chi connectivity index (χ4v) is 4.50. The van der Waals surface area contributed by atoms with Crippen LogP contribution in [0.4, 0.5) is 4.39 Å². The summed E-state index contributed by atoms with van der Waals surface area (Å²) in [4.78, 5) is 15.6. The predicted molar refractivity (Wildman–Crippen MR) is 101 cm³/mol. The van der Waals surface area contributed by atoms with Gasteiger partial charge in [-0.2, -0.15) is 5.10 Å². The molecule has 0 aliphatic heterocycles. The first-order valence-corrected chi connectivity index (χ1v) is 9.59. The molecule has 1 aliphatic rings. The summed E-state index contributed by atoms with van der Waals surface area (Å²) in [5.74, 6) is -0.493. The lowest BCUT2D eigenvalue weighted by Gasteiger charge is -2.15. The van der Waals surface area contributed by atoms with Gasteiger partial charge in [-0.1, -0.05) is 23.7 Å². The molecule has 7 heteroatoms. The van der Waals surface area contributed by atoms with Crippen LogP contribution in [-0.4, -0.2) is 27.6 Å². The van der Waals surface area contributed by atoms with Gasteiger partial charge in [0.2, 0.25) is 0 Å². The number of hydrogen-bond donors (Lipinski definition) is 0. The van der Waals surface area contributed by atoms with Crippen molar-refractivity contribution in [2.75, 3.05) is 7.05 Å². The van der Waals surface area contributed by atoms with Crippen LogP contribution in [0.2, 0.25) is 4.34 Å². The van der Waals surface area contributed by atoms with Gasteiger partial charge < -0.3 is 4.90 Å². The van der Waals surface area contributed by atoms with E-state index < -0.39 is 0 Å². The van der Waals surface area contributed by atoms with Gasteiger partial charge in [0.25, 0.3) is 5.91 Å². The Morgan fingerprint density at radius 3 is 2.85 bits per heavy atom. The average molecular weight is 390 g/mol. The quantitative estimate of drug-likeness (QED) is 0.659. The number of hydrogen-bond acceptors (Lipinski definition) is 3. The molecule has 2 heterocycles. The van der Waals surface area contributed by atoms with E-state index in [-0.39, 0.29) is 11.7 Å². The molecule has 0 fully saturated rings. The van der Waals surface area contributed by atoms with Crippen LogP contribution in [0.5, 0.6) is 0 Å². The van der Waals surface area contributed by atoms with Crippen molar-refractivity contribution >= 4 is 28.8 Å². The van der Waals surface area contributed by atoms with Crippen molar-refractivity contribution in [3.8, 4) is 5.69 Å². The Kier molecular flexibility index (Phi) is 4.54. The van der Waals surface area contributed by atoms with Crippen LogP contribution in [0.15, 0.2) is 36.4 Å². The highest BCUT2D eigenvalue weighted by Gasteiger charge is 2.29. The average Bonchev–Trinajstić information content (AvgIpc) is 3.32. The molecule has 26 heavy (non-hydrogen) atoms. The summed E-state index contributed by atoms with van der Waals surface area (Å²) < 4.78 is 16.5. The molecule has 0 radical (unpaired) electrons. The van der Waals surface area contributed by atoms with Gasteiger partial charge >= 0.3 is 0 Å². The van der Waals surface area contributed by atoms with Gasteiger partial charge in [0.1, 0.15) is 11.5 Å². The zero-order chi connectivity index (χ0) is 18.3. The third-order valence-electron chi connectivity index (χ3n) is 4.58. The number of halogens is 2. The minimum atomic E-state index is -0.342. The SMILES string of the molecule is CN(Cc1ccc(Cl)s1)C(=O)c1nn(-c2ccccc2F)c2c1CCC2. The Labute approximate surface area is 159 Å². The highest BCUT2D eigenvalue weighted by atomic mass is 35.5. The van der Waals surface area contributed by atoms with Crippen LogP contribution in [0, 0.1) is 5.82 Å². The number of benzene rings is 1. The standard InChI is InChI=1S/C19H17ClFN3OS/c1-23(11-12-9-10-17(20)26-12)19(25)18-13-5-4-8-15(13)24(22-18)16-7-3-2-6-14(16)21/h2-3,6-7,9-10H,4-5,8,11H2,1H3. The molecular formula is C19H17ClFN3OS. The number of para-hydroxylation sites is 1. The Morgan fingerprint density at radius 1 is 1.31 bits per heavy atom. The molecule has 0 N–H and O–H groups in total. The molecule has 2 aromatic heterocycles. The molecule has 4 nitrogen and oxygen atoms in total. The molecule has 0 saturated heterocycles. The zero-order valence-corrected chi connectivity index (χ0v) is 15.8. The van der Waals surface area contributed by atoms with Crippen molar-refractivity contribution < 1.29 is 9.18 Å². The first kappa shape index (κ1) is 17.2. The third-order valence-corrected chi connectivity index (χ3v) is 5.80. The second-order valence-electron chi connectivity index (χ2n) is 6.36. The Hall–Kier alpha value is -2.18. The molecule has 1 amide bonds. The molecule has 1 aliphatic carbocycles. The molecule has 3 aromatic rings.